The maximum absolute atomic E-state index is 13.5. The zero-order chi connectivity index (χ0) is 40.8. The first-order valence-corrected chi connectivity index (χ1v) is 21.2. The highest BCUT2D eigenvalue weighted by molar-refractivity contribution is 6.25. The van der Waals surface area contributed by atoms with Gasteiger partial charge >= 0.3 is 6.03 Å². The molecule has 0 radical (unpaired) electrons. The van der Waals surface area contributed by atoms with Gasteiger partial charge in [-0.1, -0.05) is 18.2 Å². The number of nitrogens with two attached hydrogens (primary N) is 1. The summed E-state index contributed by atoms with van der Waals surface area (Å²) in [5, 5.41) is 9.26. The van der Waals surface area contributed by atoms with Gasteiger partial charge in [0.05, 0.1) is 29.1 Å². The second-order valence-electron chi connectivity index (χ2n) is 17.0. The Hall–Kier alpha value is -5.61. The van der Waals surface area contributed by atoms with Gasteiger partial charge in [0.15, 0.2) is 5.82 Å². The number of piperidine rings is 3. The molecular formula is C43H53N11O5. The van der Waals surface area contributed by atoms with E-state index >= 15 is 0 Å². The Labute approximate surface area is 343 Å². The number of nitrogens with zero attached hydrogens (tertiary/aromatic N) is 7. The Balaban J connectivity index is 0.745. The number of fused-ring (bicyclic) bond motifs is 1. The first-order chi connectivity index (χ1) is 28.6. The monoisotopic (exact) mass is 803 g/mol. The minimum Gasteiger partial charge on any atom is -0.382 e. The van der Waals surface area contributed by atoms with Crippen molar-refractivity contribution in [1.29, 1.82) is 0 Å². The summed E-state index contributed by atoms with van der Waals surface area (Å²) in [6.07, 6.45) is 8.15. The molecule has 6 aliphatic rings. The van der Waals surface area contributed by atoms with Gasteiger partial charge in [-0.3, -0.25) is 34.4 Å². The van der Waals surface area contributed by atoms with Gasteiger partial charge in [0.2, 0.25) is 11.8 Å². The number of likely N-dealkylation sites (tertiary alicyclic amines) is 1. The molecule has 5 fully saturated rings. The van der Waals surface area contributed by atoms with Gasteiger partial charge in [-0.15, -0.1) is 0 Å². The van der Waals surface area contributed by atoms with Crippen molar-refractivity contribution in [2.75, 3.05) is 68.4 Å². The molecule has 0 spiro atoms. The number of hydrogen-bond acceptors (Lipinski definition) is 12. The molecular weight excluding hydrogens is 751 g/mol. The van der Waals surface area contributed by atoms with E-state index in [1.54, 1.807) is 23.2 Å². The average molecular weight is 804 g/mol. The summed E-state index contributed by atoms with van der Waals surface area (Å²) in [6, 6.07) is 13.4. The van der Waals surface area contributed by atoms with Crippen LogP contribution in [0, 0.1) is 5.92 Å². The van der Waals surface area contributed by atoms with E-state index in [0.29, 0.717) is 40.2 Å². The largest absolute Gasteiger partial charge is 0.382 e. The number of urea groups is 1. The number of nitrogens with one attached hydrogen (secondary N) is 3. The Morgan fingerprint density at radius 1 is 0.898 bits per heavy atom. The number of likely N-dealkylation sites (N-methyl/N-ethyl adjacent to an activating group) is 1. The average Bonchev–Trinajstić information content (AvgIpc) is 3.70. The molecule has 3 aromatic rings. The molecule has 59 heavy (non-hydrogen) atoms. The van der Waals surface area contributed by atoms with Gasteiger partial charge in [0, 0.05) is 70.2 Å². The second kappa shape index (κ2) is 16.2. The molecule has 0 unspecified atom stereocenters. The first-order valence-electron chi connectivity index (χ1n) is 21.2. The summed E-state index contributed by atoms with van der Waals surface area (Å²) >= 11 is 0. The minimum absolute atomic E-state index is 0.0922. The van der Waals surface area contributed by atoms with Gasteiger partial charge in [0.25, 0.3) is 11.8 Å². The molecule has 2 atom stereocenters. The highest BCUT2D eigenvalue weighted by Gasteiger charge is 2.46. The topological polar surface area (TPSA) is 189 Å². The van der Waals surface area contributed by atoms with Gasteiger partial charge in [0.1, 0.15) is 11.9 Å². The molecule has 6 heterocycles. The fourth-order valence-electron chi connectivity index (χ4n) is 9.88. The molecule has 9 rings (SSSR count). The molecule has 16 heteroatoms. The Bertz CT molecular complexity index is 2130. The van der Waals surface area contributed by atoms with E-state index in [1.165, 1.54) is 5.56 Å². The Kier molecular flexibility index (Phi) is 10.7. The number of benzene rings is 2. The van der Waals surface area contributed by atoms with Crippen molar-refractivity contribution in [3.63, 3.8) is 0 Å². The van der Waals surface area contributed by atoms with Gasteiger partial charge in [-0.05, 0) is 99.7 Å². The first kappa shape index (κ1) is 38.9. The smallest absolute Gasteiger partial charge is 0.320 e. The number of hydrogen-bond donors (Lipinski definition) is 4. The van der Waals surface area contributed by atoms with Gasteiger partial charge in [-0.2, -0.15) is 0 Å². The van der Waals surface area contributed by atoms with E-state index in [-0.39, 0.29) is 43.4 Å². The number of rotatable bonds is 11. The van der Waals surface area contributed by atoms with E-state index in [0.717, 1.165) is 101 Å². The summed E-state index contributed by atoms with van der Waals surface area (Å²) in [7, 11) is 1.86. The molecule has 6 amide bonds. The van der Waals surface area contributed by atoms with Crippen molar-refractivity contribution in [2.24, 2.45) is 11.7 Å². The summed E-state index contributed by atoms with van der Waals surface area (Å²) in [4.78, 5) is 82.8. The quantitative estimate of drug-likeness (QED) is 0.207. The van der Waals surface area contributed by atoms with Crippen LogP contribution in [0.2, 0.25) is 0 Å². The number of anilines is 4. The maximum atomic E-state index is 13.5. The molecule has 1 aliphatic carbocycles. The number of amides is 6. The predicted molar refractivity (Wildman–Crippen MR) is 221 cm³/mol. The summed E-state index contributed by atoms with van der Waals surface area (Å²) in [5.41, 5.74) is 10.3. The van der Waals surface area contributed by atoms with Crippen molar-refractivity contribution < 1.29 is 24.0 Å². The fraction of sp³-hybridized carbons (Fsp3) is 0.512. The van der Waals surface area contributed by atoms with Crippen LogP contribution < -0.4 is 26.6 Å². The molecule has 0 bridgehead atoms. The lowest BCUT2D eigenvalue weighted by molar-refractivity contribution is -0.136. The minimum atomic E-state index is -0.979. The molecule has 5 N–H and O–H groups in total. The Morgan fingerprint density at radius 3 is 2.42 bits per heavy atom. The number of imide groups is 2. The lowest BCUT2D eigenvalue weighted by Crippen LogP contribution is -2.54. The highest BCUT2D eigenvalue weighted by Crippen LogP contribution is 2.38. The molecule has 1 saturated carbocycles. The van der Waals surface area contributed by atoms with Crippen LogP contribution in [0.4, 0.5) is 27.8 Å². The number of carbonyl (C=O) groups is 5. The van der Waals surface area contributed by atoms with Gasteiger partial charge in [-0.25, -0.2) is 9.78 Å². The SMILES string of the molecule is CN1CCN([C@@H]2CCCN(c3cnc(CN)c(Nc4ccc(C5CCN(CC6CC(Nc7cccc8c7C(=O)N([C@@H]7CCC(=O)NC7=O)C8=O)C6)CC5)cc4)n3)C2)C1=O. The molecule has 310 valence electrons. The summed E-state index contributed by atoms with van der Waals surface area (Å²) in [5.74, 6) is 0.528. The third-order valence-electron chi connectivity index (χ3n) is 13.3. The van der Waals surface area contributed by atoms with E-state index < -0.39 is 23.8 Å². The number of carbonyl (C=O) groups excluding carboxylic acids is 5. The zero-order valence-electron chi connectivity index (χ0n) is 33.6. The van der Waals surface area contributed by atoms with Crippen LogP contribution in [-0.4, -0.2) is 130 Å². The lowest BCUT2D eigenvalue weighted by atomic mass is 9.79. The van der Waals surface area contributed by atoms with Crippen LogP contribution in [0.5, 0.6) is 0 Å². The fourth-order valence-corrected chi connectivity index (χ4v) is 9.88. The van der Waals surface area contributed by atoms with Crippen LogP contribution >= 0.6 is 0 Å². The van der Waals surface area contributed by atoms with E-state index in [4.69, 9.17) is 10.7 Å². The molecule has 2 aromatic carbocycles. The summed E-state index contributed by atoms with van der Waals surface area (Å²) < 4.78 is 0. The van der Waals surface area contributed by atoms with Crippen LogP contribution in [0.1, 0.15) is 89.3 Å². The predicted octanol–water partition coefficient (Wildman–Crippen LogP) is 3.49. The second-order valence-corrected chi connectivity index (χ2v) is 17.0. The molecule has 4 saturated heterocycles. The van der Waals surface area contributed by atoms with Crippen LogP contribution in [0.3, 0.4) is 0 Å². The van der Waals surface area contributed by atoms with Crippen molar-refractivity contribution in [2.45, 2.75) is 82.0 Å². The van der Waals surface area contributed by atoms with Crippen molar-refractivity contribution in [1.82, 2.24) is 34.9 Å². The van der Waals surface area contributed by atoms with E-state index in [2.05, 4.69) is 55.0 Å². The Morgan fingerprint density at radius 2 is 1.69 bits per heavy atom. The summed E-state index contributed by atoms with van der Waals surface area (Å²) in [6.45, 7) is 6.53. The standard InChI is InChI=1S/C43H53N11O5/c1-50-18-19-53(43(50)59)31-4-3-15-52(25-31)36-23-45-34(22-44)39(48-36)47-29-9-7-27(8-10-29)28-13-16-51(17-14-28)24-26-20-30(21-26)46-33-6-2-5-32-38(33)42(58)54(41(32)57)35-11-12-37(55)49-40(35)56/h2,5-10,23,26,28,30-31,35,46H,3-4,11-22,24-25,44H2,1H3,(H,47,48)(H,49,55,56)/t26?,30?,31-,35-/m1/s1. The van der Waals surface area contributed by atoms with Crippen molar-refractivity contribution in [3.05, 3.63) is 71.0 Å². The highest BCUT2D eigenvalue weighted by atomic mass is 16.2. The van der Waals surface area contributed by atoms with Crippen LogP contribution in [0.15, 0.2) is 48.7 Å². The van der Waals surface area contributed by atoms with Gasteiger partial charge < -0.3 is 36.0 Å². The molecule has 16 nitrogen and oxygen atoms in total. The molecule has 1 aromatic heterocycles. The van der Waals surface area contributed by atoms with Crippen LogP contribution in [0.25, 0.3) is 0 Å². The lowest BCUT2D eigenvalue weighted by Gasteiger charge is -2.41. The van der Waals surface area contributed by atoms with Crippen molar-refractivity contribution in [3.8, 4) is 0 Å². The third-order valence-corrected chi connectivity index (χ3v) is 13.3. The maximum Gasteiger partial charge on any atom is 0.320 e. The van der Waals surface area contributed by atoms with E-state index in [9.17, 15) is 24.0 Å². The molecule has 5 aliphatic heterocycles. The van der Waals surface area contributed by atoms with E-state index in [1.807, 2.05) is 18.0 Å². The number of aromatic nitrogens is 2. The van der Waals surface area contributed by atoms with Crippen molar-refractivity contribution >= 4 is 52.7 Å². The zero-order valence-corrected chi connectivity index (χ0v) is 33.6. The normalized spacial score (nSPS) is 25.4. The third kappa shape index (κ3) is 7.71. The van der Waals surface area contributed by atoms with Crippen LogP contribution in [-0.2, 0) is 16.1 Å².